The molecule has 3 heteroatoms. The first kappa shape index (κ1) is 11.9. The molecule has 0 aliphatic rings. The third-order valence-corrected chi connectivity index (χ3v) is 3.51. The summed E-state index contributed by atoms with van der Waals surface area (Å²) in [5, 5.41) is 3.41. The van der Waals surface area contributed by atoms with Crippen LogP contribution in [0.5, 0.6) is 0 Å². The van der Waals surface area contributed by atoms with Gasteiger partial charge in [-0.2, -0.15) is 0 Å². The van der Waals surface area contributed by atoms with E-state index >= 15 is 0 Å². The summed E-state index contributed by atoms with van der Waals surface area (Å²) in [7, 11) is 5.74. The maximum atomic E-state index is 5.74. The van der Waals surface area contributed by atoms with Crippen molar-refractivity contribution in [1.29, 1.82) is 0 Å². The summed E-state index contributed by atoms with van der Waals surface area (Å²) < 4.78 is 0. The van der Waals surface area contributed by atoms with Gasteiger partial charge in [0.05, 0.1) is 0 Å². The molecule has 0 radical (unpaired) electrons. The number of halogens is 1. The van der Waals surface area contributed by atoms with E-state index in [0.29, 0.717) is 0 Å². The van der Waals surface area contributed by atoms with Crippen LogP contribution in [0, 0.1) is 20.8 Å². The molecule has 0 saturated heterocycles. The van der Waals surface area contributed by atoms with E-state index in [1.54, 1.807) is 0 Å². The van der Waals surface area contributed by atoms with Crippen molar-refractivity contribution in [2.75, 3.05) is 5.32 Å². The van der Waals surface area contributed by atoms with Crippen LogP contribution in [0.4, 0.5) is 5.69 Å². The van der Waals surface area contributed by atoms with Crippen LogP contribution < -0.4 is 5.32 Å². The topological polar surface area (TPSA) is 12.0 Å². The number of hydrogen-bond donors (Lipinski definition) is 1. The SMILES string of the molecule is Cc1cc(C)c(N[CH](C)[Co][Cl])c(C)c1. The summed E-state index contributed by atoms with van der Waals surface area (Å²) in [4.78, 5) is 0.285. The molecule has 0 amide bonds. The molecule has 14 heavy (non-hydrogen) atoms. The average Bonchev–Trinajstić information content (AvgIpc) is 2.10. The Morgan fingerprint density at radius 2 is 1.71 bits per heavy atom. The first-order chi connectivity index (χ1) is 6.54. The van der Waals surface area contributed by atoms with E-state index in [0.717, 1.165) is 13.8 Å². The molecule has 1 unspecified atom stereocenters. The normalized spacial score (nSPS) is 12.9. The van der Waals surface area contributed by atoms with Crippen molar-refractivity contribution in [2.24, 2.45) is 0 Å². The molecule has 1 aromatic rings. The summed E-state index contributed by atoms with van der Waals surface area (Å²) in [5.74, 6) is 0. The van der Waals surface area contributed by atoms with E-state index < -0.39 is 0 Å². The zero-order valence-corrected chi connectivity index (χ0v) is 10.7. The Morgan fingerprint density at radius 1 is 1.21 bits per heavy atom. The van der Waals surface area contributed by atoms with Crippen molar-refractivity contribution in [3.63, 3.8) is 0 Å². The van der Waals surface area contributed by atoms with Crippen LogP contribution in [-0.2, 0) is 13.8 Å². The van der Waals surface area contributed by atoms with E-state index in [4.69, 9.17) is 10.1 Å². The van der Waals surface area contributed by atoms with Crippen molar-refractivity contribution in [3.05, 3.63) is 28.8 Å². The minimum absolute atomic E-state index is 0.285. The second-order valence-electron chi connectivity index (χ2n) is 3.57. The fourth-order valence-corrected chi connectivity index (χ4v) is 1.98. The Morgan fingerprint density at radius 3 is 2.14 bits per heavy atom. The molecule has 81 valence electrons. The Bertz CT molecular complexity index is 302. The predicted molar refractivity (Wildman–Crippen MR) is 59.6 cm³/mol. The zero-order valence-electron chi connectivity index (χ0n) is 8.94. The second-order valence-corrected chi connectivity index (χ2v) is 5.30. The van der Waals surface area contributed by atoms with Crippen LogP contribution in [0.1, 0.15) is 23.6 Å². The molecule has 0 saturated carbocycles. The van der Waals surface area contributed by atoms with Gasteiger partial charge in [0.15, 0.2) is 0 Å². The molecule has 0 bridgehead atoms. The number of nitrogens with one attached hydrogen (secondary N) is 1. The van der Waals surface area contributed by atoms with Gasteiger partial charge in [0.25, 0.3) is 0 Å². The first-order valence-corrected chi connectivity index (χ1v) is 6.62. The van der Waals surface area contributed by atoms with Crippen molar-refractivity contribution in [3.8, 4) is 0 Å². The number of anilines is 1. The third-order valence-electron chi connectivity index (χ3n) is 2.12. The standard InChI is InChI=1S/C11H16N.ClH.Co/c1-5-12-11-9(3)6-8(2)7-10(11)4;;/h5-7,12H,1-4H3;1H;/q;;+1/p-1. The van der Waals surface area contributed by atoms with E-state index in [9.17, 15) is 0 Å². The number of rotatable bonds is 3. The van der Waals surface area contributed by atoms with Crippen LogP contribution in [0.2, 0.25) is 0 Å². The van der Waals surface area contributed by atoms with Crippen LogP contribution in [-0.4, -0.2) is 4.98 Å². The van der Waals surface area contributed by atoms with Gasteiger partial charge in [-0.25, -0.2) is 0 Å². The third kappa shape index (κ3) is 2.90. The summed E-state index contributed by atoms with van der Waals surface area (Å²) >= 11 is 0.883. The molecule has 0 aromatic heterocycles. The van der Waals surface area contributed by atoms with Crippen LogP contribution in [0.25, 0.3) is 0 Å². The van der Waals surface area contributed by atoms with E-state index in [-0.39, 0.29) is 4.98 Å². The molecule has 0 fully saturated rings. The molecule has 0 aliphatic carbocycles. The molecule has 1 N–H and O–H groups in total. The van der Waals surface area contributed by atoms with Crippen molar-refractivity contribution >= 4 is 15.8 Å². The van der Waals surface area contributed by atoms with E-state index in [1.165, 1.54) is 22.4 Å². The molecule has 1 rings (SSSR count). The van der Waals surface area contributed by atoms with Crippen molar-refractivity contribution in [2.45, 2.75) is 32.7 Å². The van der Waals surface area contributed by atoms with Gasteiger partial charge in [0, 0.05) is 0 Å². The Balaban J connectivity index is 2.96. The fraction of sp³-hybridized carbons (Fsp3) is 0.455. The molecule has 0 aliphatic heterocycles. The monoisotopic (exact) mass is 256 g/mol. The maximum absolute atomic E-state index is 5.74. The zero-order chi connectivity index (χ0) is 10.7. The average molecular weight is 257 g/mol. The Kier molecular flexibility index (Phi) is 4.29. The summed E-state index contributed by atoms with van der Waals surface area (Å²) in [5.41, 5.74) is 5.10. The van der Waals surface area contributed by atoms with Crippen LogP contribution in [0.15, 0.2) is 12.1 Å². The number of benzene rings is 1. The van der Waals surface area contributed by atoms with Crippen molar-refractivity contribution < 1.29 is 13.8 Å². The van der Waals surface area contributed by atoms with Gasteiger partial charge < -0.3 is 0 Å². The minimum atomic E-state index is 0.285. The number of hydrogen-bond acceptors (Lipinski definition) is 1. The van der Waals surface area contributed by atoms with E-state index in [2.05, 4.69) is 45.1 Å². The molecule has 1 atom stereocenters. The molecule has 0 heterocycles. The fourth-order valence-electron chi connectivity index (χ4n) is 1.62. The first-order valence-electron chi connectivity index (χ1n) is 4.59. The molecule has 1 nitrogen and oxygen atoms in total. The van der Waals surface area contributed by atoms with Gasteiger partial charge in [0.2, 0.25) is 0 Å². The van der Waals surface area contributed by atoms with E-state index in [1.807, 2.05) is 0 Å². The van der Waals surface area contributed by atoms with Gasteiger partial charge in [-0.3, -0.25) is 0 Å². The second kappa shape index (κ2) is 5.05. The Hall–Kier alpha value is -0.184. The Labute approximate surface area is 96.5 Å². The number of aryl methyl sites for hydroxylation is 3. The molecular weight excluding hydrogens is 241 g/mol. The van der Waals surface area contributed by atoms with Gasteiger partial charge in [-0.1, -0.05) is 0 Å². The summed E-state index contributed by atoms with van der Waals surface area (Å²) in [6.07, 6.45) is 0. The quantitative estimate of drug-likeness (QED) is 0.871. The van der Waals surface area contributed by atoms with Gasteiger partial charge in [-0.05, 0) is 0 Å². The molecule has 1 aromatic carbocycles. The van der Waals surface area contributed by atoms with Crippen molar-refractivity contribution in [1.82, 2.24) is 0 Å². The summed E-state index contributed by atoms with van der Waals surface area (Å²) in [6, 6.07) is 4.37. The molecule has 0 spiro atoms. The molecular formula is C11H16ClCoN. The van der Waals surface area contributed by atoms with Gasteiger partial charge >= 0.3 is 96.4 Å². The van der Waals surface area contributed by atoms with Gasteiger partial charge in [-0.15, -0.1) is 0 Å². The van der Waals surface area contributed by atoms with Crippen LogP contribution >= 0.6 is 10.1 Å². The summed E-state index contributed by atoms with van der Waals surface area (Å²) in [6.45, 7) is 8.44. The van der Waals surface area contributed by atoms with Gasteiger partial charge in [0.1, 0.15) is 0 Å². The predicted octanol–water partition coefficient (Wildman–Crippen LogP) is 3.61. The van der Waals surface area contributed by atoms with Crippen LogP contribution in [0.3, 0.4) is 0 Å².